The van der Waals surface area contributed by atoms with Gasteiger partial charge >= 0.3 is 5.97 Å². The molecule has 18 atom stereocenters. The van der Waals surface area contributed by atoms with E-state index in [-0.39, 0.29) is 50.0 Å². The first-order valence-corrected chi connectivity index (χ1v) is 28.0. The van der Waals surface area contributed by atoms with Crippen LogP contribution in [-0.4, -0.2) is 210 Å². The van der Waals surface area contributed by atoms with E-state index >= 15 is 0 Å². The molecule has 18 heteroatoms. The maximum absolute atomic E-state index is 14.8. The number of carbonyl (C=O) groups is 1. The van der Waals surface area contributed by atoms with Crippen LogP contribution in [0.4, 0.5) is 0 Å². The first-order valence-electron chi connectivity index (χ1n) is 28.0. The molecule has 1 aromatic rings. The molecule has 1 aromatic carbocycles. The normalized spacial score (nSPS) is 39.8. The van der Waals surface area contributed by atoms with E-state index in [9.17, 15) is 30.3 Å². The maximum atomic E-state index is 14.8. The standard InChI is InChI=1S/C58H100N4O14/c1-17-45-58(13,68)50(65)38(4)47(59-71-31-19-18-24-61-25-27-62(28-26-61)29-30-63)36(2)33-57(12,70-16)52(39(5)49(40(6)53(67)74-45)75-46-34-56(11,69-15)51(66)41(7)73-46)76-54-48(64)44(32-37(3)72-54)60(14)35-42-20-22-43(23-21-42)55(8,9)10/h18-23,36-41,44-46,48-52,54,63-66,68H,17,24-35H2,1-16H3/b19-18+,59-47+/t36-,37-,38+,39+,40-,41+,44+,45-,46+,48-,49+,50-,51+,52-,54+,56-,57+,58-/m1/s1. The highest BCUT2D eigenvalue weighted by molar-refractivity contribution is 5.88. The summed E-state index contributed by atoms with van der Waals surface area (Å²) >= 11 is 0. The van der Waals surface area contributed by atoms with Crippen LogP contribution in [0.3, 0.4) is 0 Å². The molecule has 5 rings (SSSR count). The molecule has 0 aliphatic carbocycles. The molecule has 76 heavy (non-hydrogen) atoms. The zero-order valence-corrected chi connectivity index (χ0v) is 49.0. The Morgan fingerprint density at radius 2 is 1.49 bits per heavy atom. The summed E-state index contributed by atoms with van der Waals surface area (Å²) in [4.78, 5) is 27.5. The number of aliphatic hydroxyl groups excluding tert-OH is 4. The number of hydrogen-bond donors (Lipinski definition) is 5. The highest BCUT2D eigenvalue weighted by atomic mass is 16.7. The van der Waals surface area contributed by atoms with Crippen molar-refractivity contribution < 1.29 is 68.3 Å². The van der Waals surface area contributed by atoms with Crippen molar-refractivity contribution >= 4 is 11.7 Å². The summed E-state index contributed by atoms with van der Waals surface area (Å²) in [6.07, 6.45) is -4.92. The highest BCUT2D eigenvalue weighted by Gasteiger charge is 2.54. The predicted molar refractivity (Wildman–Crippen MR) is 291 cm³/mol. The Balaban J connectivity index is 1.55. The number of rotatable bonds is 17. The van der Waals surface area contributed by atoms with Crippen molar-refractivity contribution in [1.29, 1.82) is 0 Å². The Kier molecular flexibility index (Phi) is 23.4. The zero-order chi connectivity index (χ0) is 56.5. The number of nitrogens with zero attached hydrogens (tertiary/aromatic N) is 4. The molecule has 0 aromatic heterocycles. The number of piperazine rings is 1. The van der Waals surface area contributed by atoms with Gasteiger partial charge in [0.25, 0.3) is 0 Å². The van der Waals surface area contributed by atoms with E-state index < -0.39 is 102 Å². The van der Waals surface area contributed by atoms with E-state index in [1.165, 1.54) is 19.6 Å². The largest absolute Gasteiger partial charge is 0.459 e. The average Bonchev–Trinajstić information content (AvgIpc) is 3.37. The zero-order valence-electron chi connectivity index (χ0n) is 49.0. The second-order valence-corrected chi connectivity index (χ2v) is 24.3. The number of methoxy groups -OCH3 is 2. The smallest absolute Gasteiger partial charge is 0.311 e. The lowest BCUT2D eigenvalue weighted by Gasteiger charge is -2.50. The lowest BCUT2D eigenvalue weighted by molar-refractivity contribution is -0.319. The number of cyclic esters (lactones) is 1. The Bertz CT molecular complexity index is 2000. The predicted octanol–water partition coefficient (Wildman–Crippen LogP) is 5.28. The second kappa shape index (κ2) is 27.7. The summed E-state index contributed by atoms with van der Waals surface area (Å²) < 4.78 is 45.8. The minimum absolute atomic E-state index is 0.00705. The number of carbonyl (C=O) groups excluding carboxylic acids is 1. The molecule has 436 valence electrons. The van der Waals surface area contributed by atoms with Crippen molar-refractivity contribution in [1.82, 2.24) is 14.7 Å². The van der Waals surface area contributed by atoms with Crippen LogP contribution in [-0.2, 0) is 54.7 Å². The quantitative estimate of drug-likeness (QED) is 0.0581. The van der Waals surface area contributed by atoms with Gasteiger partial charge in [-0.3, -0.25) is 19.5 Å². The summed E-state index contributed by atoms with van der Waals surface area (Å²) in [7, 11) is 5.11. The molecule has 0 bridgehead atoms. The fourth-order valence-corrected chi connectivity index (χ4v) is 12.0. The fourth-order valence-electron chi connectivity index (χ4n) is 12.0. The lowest BCUT2D eigenvalue weighted by atomic mass is 9.73. The molecule has 0 unspecified atom stereocenters. The van der Waals surface area contributed by atoms with Crippen molar-refractivity contribution in [3.8, 4) is 0 Å². The van der Waals surface area contributed by atoms with Gasteiger partial charge < -0.3 is 63.5 Å². The van der Waals surface area contributed by atoms with Gasteiger partial charge in [-0.15, -0.1) is 0 Å². The van der Waals surface area contributed by atoms with Crippen LogP contribution in [0.2, 0.25) is 0 Å². The van der Waals surface area contributed by atoms with E-state index in [0.29, 0.717) is 25.2 Å². The highest BCUT2D eigenvalue weighted by Crippen LogP contribution is 2.42. The molecule has 0 spiro atoms. The molecular formula is C58H100N4O14. The minimum Gasteiger partial charge on any atom is -0.459 e. The third kappa shape index (κ3) is 15.8. The first kappa shape index (κ1) is 64.2. The van der Waals surface area contributed by atoms with Gasteiger partial charge in [0.05, 0.1) is 60.0 Å². The van der Waals surface area contributed by atoms with Crippen molar-refractivity contribution in [3.05, 3.63) is 47.5 Å². The summed E-state index contributed by atoms with van der Waals surface area (Å²) in [5, 5.41) is 62.3. The van der Waals surface area contributed by atoms with Crippen LogP contribution < -0.4 is 0 Å². The Hall–Kier alpha value is -2.66. The number of hydrogen-bond acceptors (Lipinski definition) is 18. The molecular weight excluding hydrogens is 977 g/mol. The topological polar surface area (TPSA) is 214 Å². The van der Waals surface area contributed by atoms with E-state index in [0.717, 1.165) is 38.3 Å². The molecule has 0 saturated carbocycles. The third-order valence-electron chi connectivity index (χ3n) is 17.2. The van der Waals surface area contributed by atoms with Crippen molar-refractivity contribution in [2.75, 3.05) is 73.7 Å². The first-order chi connectivity index (χ1) is 35.6. The van der Waals surface area contributed by atoms with Gasteiger partial charge in [-0.05, 0) is 90.5 Å². The van der Waals surface area contributed by atoms with Gasteiger partial charge in [-0.1, -0.05) is 84.0 Å². The van der Waals surface area contributed by atoms with Gasteiger partial charge in [0, 0.05) is 90.2 Å². The van der Waals surface area contributed by atoms with Crippen molar-refractivity contribution in [2.45, 2.75) is 212 Å². The summed E-state index contributed by atoms with van der Waals surface area (Å²) in [6, 6.07) is 8.21. The number of benzene rings is 1. The molecule has 4 saturated heterocycles. The molecule has 18 nitrogen and oxygen atoms in total. The van der Waals surface area contributed by atoms with Crippen LogP contribution in [0.5, 0.6) is 0 Å². The molecule has 4 aliphatic rings. The number of β-amino-alcohol motifs (C(OH)–C–C–N with tert-alkyl or cyclic N) is 1. The van der Waals surface area contributed by atoms with Crippen LogP contribution in [0.25, 0.3) is 0 Å². The van der Waals surface area contributed by atoms with Crippen LogP contribution in [0.15, 0.2) is 41.6 Å². The van der Waals surface area contributed by atoms with Crippen LogP contribution in [0.1, 0.15) is 127 Å². The molecule has 4 fully saturated rings. The number of esters is 1. The molecule has 0 radical (unpaired) electrons. The van der Waals surface area contributed by atoms with Gasteiger partial charge in [0.1, 0.15) is 30.5 Å². The fraction of sp³-hybridized carbons (Fsp3) is 0.828. The van der Waals surface area contributed by atoms with E-state index in [1.807, 2.05) is 46.9 Å². The second-order valence-electron chi connectivity index (χ2n) is 24.3. The molecule has 0 amide bonds. The number of ether oxygens (including phenoxy) is 7. The van der Waals surface area contributed by atoms with Gasteiger partial charge in [-0.2, -0.15) is 0 Å². The average molecular weight is 1080 g/mol. The van der Waals surface area contributed by atoms with Gasteiger partial charge in [-0.25, -0.2) is 0 Å². The maximum Gasteiger partial charge on any atom is 0.311 e. The van der Waals surface area contributed by atoms with Crippen molar-refractivity contribution in [3.63, 3.8) is 0 Å². The lowest BCUT2D eigenvalue weighted by Crippen LogP contribution is -2.61. The minimum atomic E-state index is -1.95. The molecule has 5 N–H and O–H groups in total. The summed E-state index contributed by atoms with van der Waals surface area (Å²) in [5.41, 5.74) is -1.48. The number of aliphatic hydroxyl groups is 5. The SMILES string of the molecule is CC[C@H]1OC(=O)[C@H](C)[C@@H](O[C@H]2C[C@@](C)(OC)[C@@H](O)[C@H](C)O2)[C@H](C)[C@@H](O[C@@H]2O[C@H](C)C[C@H](N(C)Cc3ccc(C(C)(C)C)cc3)[C@H]2O)[C@@](C)(OC)C[C@@H](C)/C(=N\OC/C=C/CN2CCN(CCO)CC2)[C@H](C)[C@@H](O)[C@]1(C)O. The van der Waals surface area contributed by atoms with Crippen LogP contribution >= 0.6 is 0 Å². The number of oxime groups is 1. The molecule has 4 heterocycles. The van der Waals surface area contributed by atoms with E-state index in [4.69, 9.17) is 43.2 Å². The van der Waals surface area contributed by atoms with Gasteiger partial charge in [0.2, 0.25) is 0 Å². The third-order valence-corrected chi connectivity index (χ3v) is 17.2. The Morgan fingerprint density at radius 3 is 2.08 bits per heavy atom. The summed E-state index contributed by atoms with van der Waals surface area (Å²) in [6.45, 7) is 30.4. The monoisotopic (exact) mass is 1080 g/mol. The molecule has 4 aliphatic heterocycles. The Labute approximate surface area is 455 Å². The van der Waals surface area contributed by atoms with E-state index in [2.05, 4.69) is 59.7 Å². The van der Waals surface area contributed by atoms with Crippen LogP contribution in [0, 0.1) is 23.7 Å². The van der Waals surface area contributed by atoms with Gasteiger partial charge in [0.15, 0.2) is 12.6 Å². The number of likely N-dealkylation sites (N-methyl/N-ethyl adjacent to an activating group) is 1. The summed E-state index contributed by atoms with van der Waals surface area (Å²) in [5.74, 6) is -3.77. The van der Waals surface area contributed by atoms with Crippen molar-refractivity contribution in [2.24, 2.45) is 28.8 Å². The Morgan fingerprint density at radius 1 is 0.855 bits per heavy atom. The van der Waals surface area contributed by atoms with E-state index in [1.54, 1.807) is 41.7 Å².